The van der Waals surface area contributed by atoms with E-state index in [0.29, 0.717) is 18.3 Å². The molecule has 4 rings (SSSR count). The zero-order valence-corrected chi connectivity index (χ0v) is 10.4. The summed E-state index contributed by atoms with van der Waals surface area (Å²) in [4.78, 5) is 11.4. The van der Waals surface area contributed by atoms with Crippen molar-refractivity contribution in [2.45, 2.75) is 49.7 Å². The first-order valence-corrected chi connectivity index (χ1v) is 6.70. The highest BCUT2D eigenvalue weighted by molar-refractivity contribution is 6.17. The van der Waals surface area contributed by atoms with Crippen molar-refractivity contribution in [1.29, 1.82) is 0 Å². The molecule has 0 aromatic heterocycles. The fraction of sp³-hybridized carbons (Fsp3) is 0.917. The number of aliphatic hydroxyl groups is 1. The van der Waals surface area contributed by atoms with E-state index in [1.807, 2.05) is 0 Å². The number of rotatable bonds is 2. The summed E-state index contributed by atoms with van der Waals surface area (Å²) >= 11 is 5.34. The molecule has 4 aliphatic rings. The molecule has 2 unspecified atom stereocenters. The molecule has 96 valence electrons. The van der Waals surface area contributed by atoms with E-state index in [2.05, 4.69) is 4.74 Å². The molecule has 4 fully saturated rings. The molecule has 0 radical (unpaired) electrons. The van der Waals surface area contributed by atoms with Gasteiger partial charge in [-0.25, -0.2) is 4.79 Å². The van der Waals surface area contributed by atoms with Gasteiger partial charge >= 0.3 is 6.16 Å². The van der Waals surface area contributed by atoms with Crippen molar-refractivity contribution >= 4 is 17.8 Å². The minimum absolute atomic E-state index is 0.188. The van der Waals surface area contributed by atoms with Gasteiger partial charge in [0.15, 0.2) is 6.07 Å². The van der Waals surface area contributed by atoms with Crippen LogP contribution >= 0.6 is 11.6 Å². The van der Waals surface area contributed by atoms with Crippen LogP contribution in [0.4, 0.5) is 4.79 Å². The number of hydrogen-bond acceptors (Lipinski definition) is 4. The van der Waals surface area contributed by atoms with Crippen LogP contribution in [0.15, 0.2) is 0 Å². The standard InChI is InChI=1S/C12H17ClO4/c13-7-16-10(14)17-12-4-8-1-9(5-12)3-11(15,2-8)6-12/h8-9,15H,1-7H2. The summed E-state index contributed by atoms with van der Waals surface area (Å²) in [5, 5.41) is 10.5. The third-order valence-electron chi connectivity index (χ3n) is 4.45. The van der Waals surface area contributed by atoms with Gasteiger partial charge in [0.1, 0.15) is 5.60 Å². The van der Waals surface area contributed by atoms with Crippen LogP contribution in [-0.4, -0.2) is 28.5 Å². The maximum atomic E-state index is 11.4. The van der Waals surface area contributed by atoms with Crippen LogP contribution in [0.2, 0.25) is 0 Å². The summed E-state index contributed by atoms with van der Waals surface area (Å²) in [6, 6.07) is -0.188. The molecule has 4 aliphatic carbocycles. The molecule has 0 aromatic carbocycles. The first-order chi connectivity index (χ1) is 8.03. The normalized spacial score (nSPS) is 46.9. The largest absolute Gasteiger partial charge is 0.510 e. The summed E-state index contributed by atoms with van der Waals surface area (Å²) in [6.45, 7) is 0. The number of halogens is 1. The number of hydrogen-bond donors (Lipinski definition) is 1. The zero-order valence-electron chi connectivity index (χ0n) is 9.65. The van der Waals surface area contributed by atoms with Crippen LogP contribution in [0.3, 0.4) is 0 Å². The Hall–Kier alpha value is -0.480. The quantitative estimate of drug-likeness (QED) is 0.612. The van der Waals surface area contributed by atoms with E-state index in [9.17, 15) is 9.90 Å². The molecule has 0 aliphatic heterocycles. The Kier molecular flexibility index (Phi) is 2.56. The van der Waals surface area contributed by atoms with Gasteiger partial charge in [0, 0.05) is 6.42 Å². The van der Waals surface area contributed by atoms with Crippen LogP contribution in [0.25, 0.3) is 0 Å². The number of ether oxygens (including phenoxy) is 2. The second-order valence-corrected chi connectivity index (χ2v) is 6.19. The van der Waals surface area contributed by atoms with Crippen molar-refractivity contribution < 1.29 is 19.4 Å². The molecular formula is C12H17ClO4. The molecular weight excluding hydrogens is 244 g/mol. The van der Waals surface area contributed by atoms with Gasteiger partial charge in [-0.15, -0.1) is 0 Å². The van der Waals surface area contributed by atoms with E-state index in [0.717, 1.165) is 32.1 Å². The molecule has 0 amide bonds. The first-order valence-electron chi connectivity index (χ1n) is 6.17. The van der Waals surface area contributed by atoms with E-state index < -0.39 is 17.4 Å². The van der Waals surface area contributed by atoms with Crippen molar-refractivity contribution in [3.8, 4) is 0 Å². The van der Waals surface area contributed by atoms with Gasteiger partial charge in [0.25, 0.3) is 0 Å². The van der Waals surface area contributed by atoms with Crippen molar-refractivity contribution in [1.82, 2.24) is 0 Å². The molecule has 4 nitrogen and oxygen atoms in total. The molecule has 1 N–H and O–H groups in total. The molecule has 2 atom stereocenters. The van der Waals surface area contributed by atoms with Crippen LogP contribution < -0.4 is 0 Å². The number of carbonyl (C=O) groups excluding carboxylic acids is 1. The Labute approximate surface area is 105 Å². The van der Waals surface area contributed by atoms with Gasteiger partial charge in [-0.05, 0) is 43.9 Å². The zero-order chi connectivity index (χ0) is 12.1. The molecule has 0 heterocycles. The van der Waals surface area contributed by atoms with Crippen LogP contribution in [0.5, 0.6) is 0 Å². The highest BCUT2D eigenvalue weighted by Crippen LogP contribution is 2.58. The maximum Gasteiger partial charge on any atom is 0.510 e. The Morgan fingerprint density at radius 1 is 1.29 bits per heavy atom. The smallest absolute Gasteiger partial charge is 0.428 e. The SMILES string of the molecule is O=C(OCCl)OC12CC3CC(CC(O)(C3)C1)C2. The van der Waals surface area contributed by atoms with Crippen molar-refractivity contribution in [2.75, 3.05) is 6.07 Å². The van der Waals surface area contributed by atoms with E-state index in [1.54, 1.807) is 0 Å². The molecule has 0 aromatic rings. The lowest BCUT2D eigenvalue weighted by Gasteiger charge is -2.58. The van der Waals surface area contributed by atoms with E-state index in [1.165, 1.54) is 0 Å². The fourth-order valence-electron chi connectivity index (χ4n) is 4.50. The minimum atomic E-state index is -0.703. The maximum absolute atomic E-state index is 11.4. The lowest BCUT2D eigenvalue weighted by molar-refractivity contribution is -0.204. The number of carbonyl (C=O) groups is 1. The Morgan fingerprint density at radius 2 is 1.94 bits per heavy atom. The molecule has 17 heavy (non-hydrogen) atoms. The predicted molar refractivity (Wildman–Crippen MR) is 60.6 cm³/mol. The average Bonchev–Trinajstić information content (AvgIpc) is 2.11. The van der Waals surface area contributed by atoms with E-state index >= 15 is 0 Å². The van der Waals surface area contributed by atoms with Crippen LogP contribution in [0, 0.1) is 11.8 Å². The Morgan fingerprint density at radius 3 is 2.47 bits per heavy atom. The van der Waals surface area contributed by atoms with Gasteiger partial charge in [0.2, 0.25) is 0 Å². The Balaban J connectivity index is 1.76. The molecule has 4 bridgehead atoms. The highest BCUT2D eigenvalue weighted by Gasteiger charge is 2.59. The molecule has 0 saturated heterocycles. The number of alkyl halides is 1. The van der Waals surface area contributed by atoms with Crippen molar-refractivity contribution in [2.24, 2.45) is 11.8 Å². The van der Waals surface area contributed by atoms with Gasteiger partial charge in [-0.3, -0.25) is 0 Å². The third kappa shape index (κ3) is 2.02. The second kappa shape index (κ2) is 3.75. The summed E-state index contributed by atoms with van der Waals surface area (Å²) in [6.07, 6.45) is 4.47. The highest BCUT2D eigenvalue weighted by atomic mass is 35.5. The van der Waals surface area contributed by atoms with Gasteiger partial charge < -0.3 is 14.6 Å². The lowest BCUT2D eigenvalue weighted by atomic mass is 9.52. The van der Waals surface area contributed by atoms with Crippen molar-refractivity contribution in [3.63, 3.8) is 0 Å². The predicted octanol–water partition coefficient (Wildman–Crippen LogP) is 2.42. The molecule has 0 spiro atoms. The molecule has 5 heteroatoms. The van der Waals surface area contributed by atoms with Crippen LogP contribution in [-0.2, 0) is 9.47 Å². The average molecular weight is 261 g/mol. The third-order valence-corrected chi connectivity index (χ3v) is 4.56. The Bertz CT molecular complexity index is 329. The van der Waals surface area contributed by atoms with Crippen molar-refractivity contribution in [3.05, 3.63) is 0 Å². The topological polar surface area (TPSA) is 55.8 Å². The summed E-state index contributed by atoms with van der Waals surface area (Å²) in [7, 11) is 0. The first kappa shape index (κ1) is 11.6. The minimum Gasteiger partial charge on any atom is -0.428 e. The summed E-state index contributed by atoms with van der Waals surface area (Å²) in [5.74, 6) is 0.982. The second-order valence-electron chi connectivity index (χ2n) is 5.97. The van der Waals surface area contributed by atoms with Gasteiger partial charge in [0.05, 0.1) is 5.60 Å². The summed E-state index contributed by atoms with van der Waals surface area (Å²) < 4.78 is 10.1. The summed E-state index contributed by atoms with van der Waals surface area (Å²) in [5.41, 5.74) is -1.12. The van der Waals surface area contributed by atoms with E-state index in [4.69, 9.17) is 16.3 Å². The van der Waals surface area contributed by atoms with Crippen LogP contribution in [0.1, 0.15) is 38.5 Å². The fourth-order valence-corrected chi connectivity index (χ4v) is 4.59. The lowest BCUT2D eigenvalue weighted by Crippen LogP contribution is -2.60. The van der Waals surface area contributed by atoms with Gasteiger partial charge in [-0.1, -0.05) is 11.6 Å². The monoisotopic (exact) mass is 260 g/mol. The van der Waals surface area contributed by atoms with Gasteiger partial charge in [-0.2, -0.15) is 0 Å². The van der Waals surface area contributed by atoms with E-state index in [-0.39, 0.29) is 6.07 Å². The molecule has 4 saturated carbocycles.